The normalized spacial score (nSPS) is 9.95. The second-order valence-corrected chi connectivity index (χ2v) is 5.01. The van der Waals surface area contributed by atoms with Crippen molar-refractivity contribution in [1.29, 1.82) is 0 Å². The van der Waals surface area contributed by atoms with E-state index in [4.69, 9.17) is 11.2 Å². The number of aromatic nitrogens is 1. The van der Waals surface area contributed by atoms with Crippen molar-refractivity contribution in [2.24, 2.45) is 0 Å². The van der Waals surface area contributed by atoms with Crippen molar-refractivity contribution < 1.29 is 9.53 Å². The SMILES string of the molecule is C#CCOc1cccc(-c2nc(C)c(C(C)=O)s2)c1. The summed E-state index contributed by atoms with van der Waals surface area (Å²) < 4.78 is 5.38. The highest BCUT2D eigenvalue weighted by molar-refractivity contribution is 7.17. The van der Waals surface area contributed by atoms with Gasteiger partial charge in [-0.2, -0.15) is 0 Å². The number of aryl methyl sites for hydroxylation is 1. The van der Waals surface area contributed by atoms with E-state index in [0.717, 1.165) is 16.3 Å². The number of terminal acetylenes is 1. The van der Waals surface area contributed by atoms with Crippen LogP contribution in [0, 0.1) is 19.3 Å². The van der Waals surface area contributed by atoms with E-state index in [1.54, 1.807) is 6.92 Å². The maximum atomic E-state index is 11.4. The first kappa shape index (κ1) is 13.3. The fraction of sp³-hybridized carbons (Fsp3) is 0.200. The van der Waals surface area contributed by atoms with Gasteiger partial charge in [-0.15, -0.1) is 17.8 Å². The summed E-state index contributed by atoms with van der Waals surface area (Å²) >= 11 is 1.40. The number of benzene rings is 1. The Morgan fingerprint density at radius 3 is 2.95 bits per heavy atom. The number of carbonyl (C=O) groups excluding carboxylic acids is 1. The second kappa shape index (κ2) is 5.68. The molecule has 96 valence electrons. The standard InChI is InChI=1S/C15H13NO2S/c1-4-8-18-13-7-5-6-12(9-13)15-16-10(2)14(19-15)11(3)17/h1,5-7,9H,8H2,2-3H3. The van der Waals surface area contributed by atoms with Crippen LogP contribution in [0.1, 0.15) is 22.3 Å². The summed E-state index contributed by atoms with van der Waals surface area (Å²) in [5, 5.41) is 0.814. The molecule has 0 aliphatic heterocycles. The van der Waals surface area contributed by atoms with E-state index in [9.17, 15) is 4.79 Å². The van der Waals surface area contributed by atoms with Gasteiger partial charge in [0.25, 0.3) is 0 Å². The highest BCUT2D eigenvalue weighted by Crippen LogP contribution is 2.30. The summed E-state index contributed by atoms with van der Waals surface area (Å²) in [6.45, 7) is 3.63. The molecule has 0 saturated carbocycles. The van der Waals surface area contributed by atoms with Crippen molar-refractivity contribution in [3.8, 4) is 28.7 Å². The molecular weight excluding hydrogens is 258 g/mol. The lowest BCUT2D eigenvalue weighted by molar-refractivity contribution is 0.102. The molecule has 1 heterocycles. The van der Waals surface area contributed by atoms with Crippen LogP contribution in [-0.4, -0.2) is 17.4 Å². The van der Waals surface area contributed by atoms with E-state index in [1.165, 1.54) is 11.3 Å². The predicted octanol–water partition coefficient (Wildman–Crippen LogP) is 3.33. The van der Waals surface area contributed by atoms with Crippen LogP contribution in [0.2, 0.25) is 0 Å². The van der Waals surface area contributed by atoms with Crippen molar-refractivity contribution in [1.82, 2.24) is 4.98 Å². The van der Waals surface area contributed by atoms with E-state index in [2.05, 4.69) is 10.9 Å². The van der Waals surface area contributed by atoms with Gasteiger partial charge >= 0.3 is 0 Å². The van der Waals surface area contributed by atoms with Gasteiger partial charge in [0.15, 0.2) is 5.78 Å². The van der Waals surface area contributed by atoms with E-state index >= 15 is 0 Å². The fourth-order valence-corrected chi connectivity index (χ4v) is 2.65. The first-order chi connectivity index (χ1) is 9.11. The third kappa shape index (κ3) is 3.01. The molecule has 1 aromatic carbocycles. The number of carbonyl (C=O) groups is 1. The molecule has 0 radical (unpaired) electrons. The number of nitrogens with zero attached hydrogens (tertiary/aromatic N) is 1. The monoisotopic (exact) mass is 271 g/mol. The quantitative estimate of drug-likeness (QED) is 0.632. The molecular formula is C15H13NO2S. The third-order valence-electron chi connectivity index (χ3n) is 2.52. The Hall–Kier alpha value is -2.12. The van der Waals surface area contributed by atoms with E-state index in [-0.39, 0.29) is 12.4 Å². The van der Waals surface area contributed by atoms with Crippen LogP contribution < -0.4 is 4.74 Å². The maximum Gasteiger partial charge on any atom is 0.171 e. The molecule has 0 amide bonds. The number of ketones is 1. The number of hydrogen-bond acceptors (Lipinski definition) is 4. The lowest BCUT2D eigenvalue weighted by atomic mass is 10.2. The zero-order valence-electron chi connectivity index (χ0n) is 10.8. The van der Waals surface area contributed by atoms with Gasteiger partial charge in [0.1, 0.15) is 17.4 Å². The molecule has 0 saturated heterocycles. The Kier molecular flexibility index (Phi) is 3.98. The van der Waals surface area contributed by atoms with E-state index in [1.807, 2.05) is 31.2 Å². The Balaban J connectivity index is 2.34. The molecule has 0 unspecified atom stereocenters. The molecule has 3 nitrogen and oxygen atoms in total. The minimum absolute atomic E-state index is 0.0426. The molecule has 4 heteroatoms. The molecule has 0 fully saturated rings. The van der Waals surface area contributed by atoms with Gasteiger partial charge in [-0.25, -0.2) is 4.98 Å². The zero-order valence-corrected chi connectivity index (χ0v) is 11.6. The topological polar surface area (TPSA) is 39.2 Å². The first-order valence-corrected chi connectivity index (χ1v) is 6.58. The van der Waals surface area contributed by atoms with Crippen LogP contribution in [-0.2, 0) is 0 Å². The van der Waals surface area contributed by atoms with Gasteiger partial charge in [0, 0.05) is 12.5 Å². The van der Waals surface area contributed by atoms with E-state index < -0.39 is 0 Å². The van der Waals surface area contributed by atoms with Crippen LogP contribution in [0.3, 0.4) is 0 Å². The number of rotatable bonds is 4. The van der Waals surface area contributed by atoms with Gasteiger partial charge in [-0.05, 0) is 19.1 Å². The smallest absolute Gasteiger partial charge is 0.171 e. The molecule has 0 atom stereocenters. The van der Waals surface area contributed by atoms with Crippen molar-refractivity contribution in [3.63, 3.8) is 0 Å². The molecule has 2 aromatic rings. The Morgan fingerprint density at radius 1 is 1.53 bits per heavy atom. The molecule has 19 heavy (non-hydrogen) atoms. The summed E-state index contributed by atoms with van der Waals surface area (Å²) in [5.41, 5.74) is 1.69. The van der Waals surface area contributed by atoms with Crippen LogP contribution in [0.15, 0.2) is 24.3 Å². The van der Waals surface area contributed by atoms with Crippen molar-refractivity contribution in [2.45, 2.75) is 13.8 Å². The zero-order chi connectivity index (χ0) is 13.8. The second-order valence-electron chi connectivity index (χ2n) is 4.01. The summed E-state index contributed by atoms with van der Waals surface area (Å²) in [7, 11) is 0. The van der Waals surface area contributed by atoms with Crippen LogP contribution in [0.5, 0.6) is 5.75 Å². The van der Waals surface area contributed by atoms with Gasteiger partial charge in [0.05, 0.1) is 10.6 Å². The fourth-order valence-electron chi connectivity index (χ4n) is 1.69. The molecule has 1 aromatic heterocycles. The highest BCUT2D eigenvalue weighted by Gasteiger charge is 2.13. The minimum atomic E-state index is 0.0426. The third-order valence-corrected chi connectivity index (χ3v) is 3.83. The number of Topliss-reactive ketones (excluding diaryl/α,β-unsaturated/α-hetero) is 1. The van der Waals surface area contributed by atoms with Crippen LogP contribution in [0.4, 0.5) is 0 Å². The van der Waals surface area contributed by atoms with Gasteiger partial charge in [-0.1, -0.05) is 18.1 Å². The molecule has 0 aliphatic rings. The predicted molar refractivity (Wildman–Crippen MR) is 76.6 cm³/mol. The largest absolute Gasteiger partial charge is 0.481 e. The molecule has 0 spiro atoms. The average Bonchev–Trinajstić information content (AvgIpc) is 2.79. The molecule has 0 N–H and O–H groups in total. The van der Waals surface area contributed by atoms with Crippen molar-refractivity contribution in [3.05, 3.63) is 34.8 Å². The van der Waals surface area contributed by atoms with Gasteiger partial charge < -0.3 is 4.74 Å². The Morgan fingerprint density at radius 2 is 2.32 bits per heavy atom. The Bertz CT molecular complexity index is 652. The Labute approximate surface area is 116 Å². The van der Waals surface area contributed by atoms with E-state index in [0.29, 0.717) is 10.6 Å². The van der Waals surface area contributed by atoms with Gasteiger partial charge in [0.2, 0.25) is 0 Å². The van der Waals surface area contributed by atoms with Gasteiger partial charge in [-0.3, -0.25) is 4.79 Å². The van der Waals surface area contributed by atoms with Crippen LogP contribution in [0.25, 0.3) is 10.6 Å². The summed E-state index contributed by atoms with van der Waals surface area (Å²) in [5.74, 6) is 3.17. The number of ether oxygens (including phenoxy) is 1. The minimum Gasteiger partial charge on any atom is -0.481 e. The highest BCUT2D eigenvalue weighted by atomic mass is 32.1. The molecule has 0 bridgehead atoms. The average molecular weight is 271 g/mol. The summed E-state index contributed by atoms with van der Waals surface area (Å²) in [6, 6.07) is 7.53. The molecule has 0 aliphatic carbocycles. The van der Waals surface area contributed by atoms with Crippen molar-refractivity contribution >= 4 is 17.1 Å². The van der Waals surface area contributed by atoms with Crippen molar-refractivity contribution in [2.75, 3.05) is 6.61 Å². The maximum absolute atomic E-state index is 11.4. The first-order valence-electron chi connectivity index (χ1n) is 5.77. The number of thiazole rings is 1. The van der Waals surface area contributed by atoms with Crippen LogP contribution >= 0.6 is 11.3 Å². The lowest BCUT2D eigenvalue weighted by Gasteiger charge is -2.03. The summed E-state index contributed by atoms with van der Waals surface area (Å²) in [4.78, 5) is 16.6. The number of hydrogen-bond donors (Lipinski definition) is 0. The summed E-state index contributed by atoms with van der Waals surface area (Å²) in [6.07, 6.45) is 5.16. The molecule has 2 rings (SSSR count). The lowest BCUT2D eigenvalue weighted by Crippen LogP contribution is -1.93.